The van der Waals surface area contributed by atoms with E-state index in [-0.39, 0.29) is 11.3 Å². The maximum atomic E-state index is 12.4. The van der Waals surface area contributed by atoms with Crippen LogP contribution in [0.3, 0.4) is 0 Å². The molecule has 5 atom stereocenters. The number of Topliss-reactive ketones (excluding diaryl/α,β-unsaturated/α-hetero) is 1. The first-order valence-electron chi connectivity index (χ1n) is 8.22. The highest BCUT2D eigenvalue weighted by Crippen LogP contribution is 2.57. The minimum atomic E-state index is 0.188. The second kappa shape index (κ2) is 5.13. The third-order valence-electron chi connectivity index (χ3n) is 6.57. The van der Waals surface area contributed by atoms with Crippen molar-refractivity contribution in [1.82, 2.24) is 0 Å². The maximum absolute atomic E-state index is 12.4. The molecule has 2 nitrogen and oxygen atoms in total. The summed E-state index contributed by atoms with van der Waals surface area (Å²) in [6, 6.07) is 0. The van der Waals surface area contributed by atoms with Crippen LogP contribution in [-0.2, 0) is 9.59 Å². The van der Waals surface area contributed by atoms with Gasteiger partial charge in [-0.15, -0.1) is 0 Å². The quantitative estimate of drug-likeness (QED) is 0.564. The van der Waals surface area contributed by atoms with Crippen molar-refractivity contribution in [2.75, 3.05) is 0 Å². The molecule has 3 rings (SSSR count). The van der Waals surface area contributed by atoms with E-state index in [0.717, 1.165) is 37.5 Å². The Labute approximate surface area is 122 Å². The van der Waals surface area contributed by atoms with Crippen molar-refractivity contribution in [3.63, 3.8) is 0 Å². The molecule has 20 heavy (non-hydrogen) atoms. The molecule has 0 amide bonds. The van der Waals surface area contributed by atoms with E-state index in [4.69, 9.17) is 0 Å². The van der Waals surface area contributed by atoms with E-state index in [0.29, 0.717) is 30.0 Å². The van der Waals surface area contributed by atoms with Crippen LogP contribution in [-0.4, -0.2) is 12.1 Å². The highest BCUT2D eigenvalue weighted by Gasteiger charge is 2.51. The number of carbonyl (C=O) groups is 2. The molecule has 3 aliphatic carbocycles. The van der Waals surface area contributed by atoms with E-state index < -0.39 is 0 Å². The van der Waals surface area contributed by atoms with E-state index >= 15 is 0 Å². The summed E-state index contributed by atoms with van der Waals surface area (Å²) in [5.41, 5.74) is 1.05. The number of aldehydes is 1. The van der Waals surface area contributed by atoms with Crippen molar-refractivity contribution >= 4 is 12.1 Å². The Bertz CT molecular complexity index is 439. The van der Waals surface area contributed by atoms with Crippen molar-refractivity contribution in [3.8, 4) is 0 Å². The highest BCUT2D eigenvalue weighted by molar-refractivity contribution is 5.97. The van der Waals surface area contributed by atoms with Crippen LogP contribution in [0.2, 0.25) is 0 Å². The summed E-state index contributed by atoms with van der Waals surface area (Å²) >= 11 is 0. The van der Waals surface area contributed by atoms with E-state index in [1.807, 2.05) is 0 Å². The van der Waals surface area contributed by atoms with Gasteiger partial charge in [0.1, 0.15) is 6.29 Å². The van der Waals surface area contributed by atoms with Crippen LogP contribution in [0.15, 0.2) is 12.2 Å². The lowest BCUT2D eigenvalue weighted by Crippen LogP contribution is -2.48. The molecule has 0 saturated heterocycles. The Kier molecular flexibility index (Phi) is 3.60. The number of hydrogen-bond acceptors (Lipinski definition) is 2. The van der Waals surface area contributed by atoms with Crippen molar-refractivity contribution in [2.24, 2.45) is 29.1 Å². The smallest absolute Gasteiger partial charge is 0.161 e. The Morgan fingerprint density at radius 3 is 2.80 bits per heavy atom. The molecule has 110 valence electrons. The summed E-state index contributed by atoms with van der Waals surface area (Å²) < 4.78 is 0. The average Bonchev–Trinajstić information content (AvgIpc) is 2.43. The Hall–Kier alpha value is -0.920. The van der Waals surface area contributed by atoms with Crippen LogP contribution in [0.5, 0.6) is 0 Å². The van der Waals surface area contributed by atoms with E-state index in [9.17, 15) is 9.59 Å². The van der Waals surface area contributed by atoms with Crippen LogP contribution in [0.1, 0.15) is 58.3 Å². The number of ketones is 1. The fourth-order valence-corrected chi connectivity index (χ4v) is 5.50. The second-order valence-electron chi connectivity index (χ2n) is 7.54. The van der Waals surface area contributed by atoms with Crippen LogP contribution < -0.4 is 0 Å². The van der Waals surface area contributed by atoms with Gasteiger partial charge in [-0.2, -0.15) is 0 Å². The predicted octanol–water partition coefficient (Wildman–Crippen LogP) is 3.94. The zero-order valence-electron chi connectivity index (χ0n) is 12.6. The number of fused-ring (bicyclic) bond motifs is 3. The van der Waals surface area contributed by atoms with Crippen LogP contribution in [0.25, 0.3) is 0 Å². The Balaban J connectivity index is 1.85. The summed E-state index contributed by atoms with van der Waals surface area (Å²) in [5.74, 6) is 2.49. The molecule has 5 unspecified atom stereocenters. The standard InChI is InChI=1S/C18H26O2/c1-12-5-6-13-14-4-3-9-18(2,10-11-19)16(14)8-7-15(13)17(12)20/h11,13-16H,1,3-10H2,2H3. The van der Waals surface area contributed by atoms with Gasteiger partial charge < -0.3 is 4.79 Å². The monoisotopic (exact) mass is 274 g/mol. The molecule has 0 radical (unpaired) electrons. The van der Waals surface area contributed by atoms with Crippen molar-refractivity contribution < 1.29 is 9.59 Å². The first-order chi connectivity index (χ1) is 9.57. The number of allylic oxidation sites excluding steroid dienone is 1. The van der Waals surface area contributed by atoms with Gasteiger partial charge in [0.25, 0.3) is 0 Å². The van der Waals surface area contributed by atoms with E-state index in [1.165, 1.54) is 19.3 Å². The number of carbonyl (C=O) groups excluding carboxylic acids is 2. The lowest BCUT2D eigenvalue weighted by molar-refractivity contribution is -0.131. The molecular weight excluding hydrogens is 248 g/mol. The third kappa shape index (κ3) is 2.08. The third-order valence-corrected chi connectivity index (χ3v) is 6.57. The molecule has 0 aromatic carbocycles. The van der Waals surface area contributed by atoms with Gasteiger partial charge in [-0.25, -0.2) is 0 Å². The van der Waals surface area contributed by atoms with Gasteiger partial charge in [-0.3, -0.25) is 4.79 Å². The number of rotatable bonds is 2. The summed E-state index contributed by atoms with van der Waals surface area (Å²) in [4.78, 5) is 23.4. The Morgan fingerprint density at radius 1 is 1.25 bits per heavy atom. The van der Waals surface area contributed by atoms with Gasteiger partial charge in [0.15, 0.2) is 5.78 Å². The normalized spacial score (nSPS) is 44.6. The topological polar surface area (TPSA) is 34.1 Å². The molecular formula is C18H26O2. The molecule has 0 aromatic rings. The molecule has 0 aliphatic heterocycles. The molecule has 0 heterocycles. The molecule has 2 heteroatoms. The average molecular weight is 274 g/mol. The van der Waals surface area contributed by atoms with Gasteiger partial charge in [0.05, 0.1) is 0 Å². The molecule has 0 bridgehead atoms. The van der Waals surface area contributed by atoms with Crippen molar-refractivity contribution in [1.29, 1.82) is 0 Å². The van der Waals surface area contributed by atoms with Gasteiger partial charge >= 0.3 is 0 Å². The van der Waals surface area contributed by atoms with Gasteiger partial charge in [0, 0.05) is 12.3 Å². The van der Waals surface area contributed by atoms with Crippen LogP contribution >= 0.6 is 0 Å². The minimum absolute atomic E-state index is 0.188. The summed E-state index contributed by atoms with van der Waals surface area (Å²) in [5, 5.41) is 0. The maximum Gasteiger partial charge on any atom is 0.161 e. The fraction of sp³-hybridized carbons (Fsp3) is 0.778. The Morgan fingerprint density at radius 2 is 2.05 bits per heavy atom. The lowest BCUT2D eigenvalue weighted by atomic mass is 9.50. The fourth-order valence-electron chi connectivity index (χ4n) is 5.50. The summed E-state index contributed by atoms with van der Waals surface area (Å²) in [7, 11) is 0. The van der Waals surface area contributed by atoms with Gasteiger partial charge in [0.2, 0.25) is 0 Å². The molecule has 0 aromatic heterocycles. The molecule has 3 saturated carbocycles. The van der Waals surface area contributed by atoms with Crippen molar-refractivity contribution in [3.05, 3.63) is 12.2 Å². The minimum Gasteiger partial charge on any atom is -0.303 e. The molecule has 3 fully saturated rings. The first kappa shape index (κ1) is 14.0. The molecule has 0 spiro atoms. The summed E-state index contributed by atoms with van der Waals surface area (Å²) in [6.45, 7) is 6.26. The van der Waals surface area contributed by atoms with Crippen LogP contribution in [0, 0.1) is 29.1 Å². The van der Waals surface area contributed by atoms with E-state index in [2.05, 4.69) is 13.5 Å². The van der Waals surface area contributed by atoms with Gasteiger partial charge in [-0.05, 0) is 67.3 Å². The molecule has 3 aliphatic rings. The zero-order valence-corrected chi connectivity index (χ0v) is 12.6. The number of hydrogen-bond donors (Lipinski definition) is 0. The first-order valence-corrected chi connectivity index (χ1v) is 8.22. The molecule has 0 N–H and O–H groups in total. The van der Waals surface area contributed by atoms with Gasteiger partial charge in [-0.1, -0.05) is 19.9 Å². The SMILES string of the molecule is C=C1CCC2C(CCC3C2CCCC3(C)CC=O)C1=O. The summed E-state index contributed by atoms with van der Waals surface area (Å²) in [6.07, 6.45) is 9.69. The largest absolute Gasteiger partial charge is 0.303 e. The van der Waals surface area contributed by atoms with E-state index in [1.54, 1.807) is 0 Å². The zero-order chi connectivity index (χ0) is 14.3. The lowest BCUT2D eigenvalue weighted by Gasteiger charge is -2.54. The van der Waals surface area contributed by atoms with Crippen molar-refractivity contribution in [2.45, 2.75) is 58.3 Å². The highest BCUT2D eigenvalue weighted by atomic mass is 16.1. The van der Waals surface area contributed by atoms with Crippen LogP contribution in [0.4, 0.5) is 0 Å². The predicted molar refractivity (Wildman–Crippen MR) is 79.2 cm³/mol. The second-order valence-corrected chi connectivity index (χ2v) is 7.54.